The molecule has 2 rings (SSSR count). The van der Waals surface area contributed by atoms with E-state index < -0.39 is 0 Å². The lowest BCUT2D eigenvalue weighted by molar-refractivity contribution is 0.395. The van der Waals surface area contributed by atoms with Crippen LogP contribution in [0.4, 0.5) is 0 Å². The average Bonchev–Trinajstić information content (AvgIpc) is 2.42. The highest BCUT2D eigenvalue weighted by Crippen LogP contribution is 2.22. The highest BCUT2D eigenvalue weighted by atomic mass is 16.5. The summed E-state index contributed by atoms with van der Waals surface area (Å²) in [5.41, 5.74) is 10.8. The molecule has 0 aliphatic carbocycles. The molecule has 0 saturated heterocycles. The van der Waals surface area contributed by atoms with Gasteiger partial charge in [0.15, 0.2) is 0 Å². The van der Waals surface area contributed by atoms with Gasteiger partial charge in [0.1, 0.15) is 6.33 Å². The second-order valence-electron chi connectivity index (χ2n) is 4.65. The van der Waals surface area contributed by atoms with Crippen molar-refractivity contribution < 1.29 is 4.74 Å². The van der Waals surface area contributed by atoms with E-state index in [2.05, 4.69) is 35.9 Å². The van der Waals surface area contributed by atoms with Crippen molar-refractivity contribution >= 4 is 0 Å². The number of hydrogen-bond acceptors (Lipinski definition) is 4. The lowest BCUT2D eigenvalue weighted by Crippen LogP contribution is -2.16. The summed E-state index contributed by atoms with van der Waals surface area (Å²) in [6, 6.07) is 7.97. The quantitative estimate of drug-likeness (QED) is 0.913. The fourth-order valence-corrected chi connectivity index (χ4v) is 2.11. The molecule has 0 aliphatic rings. The van der Waals surface area contributed by atoms with Crippen LogP contribution in [0, 0.1) is 13.8 Å². The van der Waals surface area contributed by atoms with E-state index in [-0.39, 0.29) is 6.04 Å². The Bertz CT molecular complexity index is 569. The molecule has 0 radical (unpaired) electrons. The van der Waals surface area contributed by atoms with Crippen LogP contribution in [-0.4, -0.2) is 17.1 Å². The van der Waals surface area contributed by atoms with E-state index in [1.807, 2.05) is 12.1 Å². The molecule has 1 aromatic carbocycles. The van der Waals surface area contributed by atoms with Crippen LogP contribution in [0.5, 0.6) is 5.88 Å². The van der Waals surface area contributed by atoms with Crippen molar-refractivity contribution in [1.82, 2.24) is 9.97 Å². The number of methoxy groups -OCH3 is 1. The molecule has 0 aliphatic heterocycles. The topological polar surface area (TPSA) is 61.0 Å². The van der Waals surface area contributed by atoms with Gasteiger partial charge in [-0.15, -0.1) is 0 Å². The number of aromatic nitrogens is 2. The van der Waals surface area contributed by atoms with Crippen molar-refractivity contribution in [3.05, 3.63) is 53.0 Å². The Balaban J connectivity index is 2.20. The number of hydrogen-bond donors (Lipinski definition) is 1. The van der Waals surface area contributed by atoms with Crippen LogP contribution in [0.15, 0.2) is 30.6 Å². The van der Waals surface area contributed by atoms with Crippen LogP contribution in [-0.2, 0) is 6.42 Å². The molecule has 1 heterocycles. The van der Waals surface area contributed by atoms with Gasteiger partial charge in [0.05, 0.1) is 7.11 Å². The van der Waals surface area contributed by atoms with E-state index in [0.717, 1.165) is 11.3 Å². The van der Waals surface area contributed by atoms with Crippen molar-refractivity contribution in [1.29, 1.82) is 0 Å². The Kier molecular flexibility index (Phi) is 4.12. The molecule has 19 heavy (non-hydrogen) atoms. The monoisotopic (exact) mass is 257 g/mol. The average molecular weight is 257 g/mol. The molecule has 0 amide bonds. The molecule has 100 valence electrons. The van der Waals surface area contributed by atoms with Gasteiger partial charge in [0, 0.05) is 24.2 Å². The second kappa shape index (κ2) is 5.80. The van der Waals surface area contributed by atoms with Crippen LogP contribution in [0.25, 0.3) is 0 Å². The van der Waals surface area contributed by atoms with Gasteiger partial charge in [-0.3, -0.25) is 0 Å². The fourth-order valence-electron chi connectivity index (χ4n) is 2.11. The van der Waals surface area contributed by atoms with Crippen LogP contribution < -0.4 is 10.5 Å². The van der Waals surface area contributed by atoms with Gasteiger partial charge in [0.25, 0.3) is 0 Å². The molecule has 1 unspecified atom stereocenters. The summed E-state index contributed by atoms with van der Waals surface area (Å²) in [6.07, 6.45) is 2.17. The smallest absolute Gasteiger partial charge is 0.216 e. The number of ether oxygens (including phenoxy) is 1. The molecule has 2 N–H and O–H groups in total. The maximum absolute atomic E-state index is 6.29. The molecule has 0 bridgehead atoms. The van der Waals surface area contributed by atoms with Gasteiger partial charge < -0.3 is 10.5 Å². The van der Waals surface area contributed by atoms with E-state index >= 15 is 0 Å². The van der Waals surface area contributed by atoms with Gasteiger partial charge in [-0.1, -0.05) is 18.2 Å². The second-order valence-corrected chi connectivity index (χ2v) is 4.65. The van der Waals surface area contributed by atoms with E-state index in [1.54, 1.807) is 7.11 Å². The minimum absolute atomic E-state index is 0.0699. The van der Waals surface area contributed by atoms with Gasteiger partial charge in [-0.25, -0.2) is 9.97 Å². The van der Waals surface area contributed by atoms with E-state index in [0.29, 0.717) is 12.3 Å². The Morgan fingerprint density at radius 1 is 1.26 bits per heavy atom. The summed E-state index contributed by atoms with van der Waals surface area (Å²) in [5, 5.41) is 0. The van der Waals surface area contributed by atoms with Crippen molar-refractivity contribution in [2.75, 3.05) is 7.11 Å². The van der Waals surface area contributed by atoms with E-state index in [9.17, 15) is 0 Å². The summed E-state index contributed by atoms with van der Waals surface area (Å²) >= 11 is 0. The Hall–Kier alpha value is -1.94. The summed E-state index contributed by atoms with van der Waals surface area (Å²) in [6.45, 7) is 4.20. The largest absolute Gasteiger partial charge is 0.481 e. The maximum Gasteiger partial charge on any atom is 0.216 e. The van der Waals surface area contributed by atoms with Crippen LogP contribution in [0.3, 0.4) is 0 Å². The fraction of sp³-hybridized carbons (Fsp3) is 0.333. The first-order valence-corrected chi connectivity index (χ1v) is 6.28. The standard InChI is InChI=1S/C15H19N3O/c1-10-5-4-6-13(11(10)2)14(16)7-12-8-15(19-3)18-9-17-12/h4-6,8-9,14H,7,16H2,1-3H3. The highest BCUT2D eigenvalue weighted by molar-refractivity contribution is 5.35. The molecule has 0 saturated carbocycles. The molecule has 0 spiro atoms. The van der Waals surface area contributed by atoms with Gasteiger partial charge in [0.2, 0.25) is 5.88 Å². The summed E-state index contributed by atoms with van der Waals surface area (Å²) in [7, 11) is 1.59. The predicted octanol–water partition coefficient (Wildman–Crippen LogP) is 2.34. The molecule has 4 heteroatoms. The Morgan fingerprint density at radius 3 is 2.79 bits per heavy atom. The molecule has 1 aromatic heterocycles. The molecular formula is C15H19N3O. The normalized spacial score (nSPS) is 12.2. The number of aryl methyl sites for hydroxylation is 1. The first kappa shape index (κ1) is 13.5. The zero-order chi connectivity index (χ0) is 13.8. The Morgan fingerprint density at radius 2 is 2.05 bits per heavy atom. The SMILES string of the molecule is COc1cc(CC(N)c2cccc(C)c2C)ncn1. The van der Waals surface area contributed by atoms with Crippen molar-refractivity contribution in [2.45, 2.75) is 26.3 Å². The van der Waals surface area contributed by atoms with E-state index in [1.165, 1.54) is 17.5 Å². The number of nitrogens with zero attached hydrogens (tertiary/aromatic N) is 2. The first-order chi connectivity index (χ1) is 9.11. The zero-order valence-electron chi connectivity index (χ0n) is 11.6. The van der Waals surface area contributed by atoms with Crippen LogP contribution in [0.1, 0.15) is 28.4 Å². The van der Waals surface area contributed by atoms with Crippen LogP contribution >= 0.6 is 0 Å². The Labute approximate surface area is 113 Å². The highest BCUT2D eigenvalue weighted by Gasteiger charge is 2.12. The summed E-state index contributed by atoms with van der Waals surface area (Å²) in [4.78, 5) is 8.23. The van der Waals surface area contributed by atoms with Gasteiger partial charge in [-0.2, -0.15) is 0 Å². The summed E-state index contributed by atoms with van der Waals surface area (Å²) in [5.74, 6) is 0.568. The number of nitrogens with two attached hydrogens (primary N) is 1. The zero-order valence-corrected chi connectivity index (χ0v) is 11.6. The predicted molar refractivity (Wildman–Crippen MR) is 75.1 cm³/mol. The van der Waals surface area contributed by atoms with Gasteiger partial charge >= 0.3 is 0 Å². The number of rotatable bonds is 4. The lowest BCUT2D eigenvalue weighted by Gasteiger charge is -2.16. The maximum atomic E-state index is 6.29. The molecule has 0 fully saturated rings. The van der Waals surface area contributed by atoms with Crippen LogP contribution in [0.2, 0.25) is 0 Å². The van der Waals surface area contributed by atoms with Crippen molar-refractivity contribution in [2.24, 2.45) is 5.73 Å². The molecule has 1 atom stereocenters. The number of benzene rings is 1. The molecule has 4 nitrogen and oxygen atoms in total. The molecular weight excluding hydrogens is 238 g/mol. The minimum Gasteiger partial charge on any atom is -0.481 e. The van der Waals surface area contributed by atoms with Gasteiger partial charge in [-0.05, 0) is 30.5 Å². The van der Waals surface area contributed by atoms with Crippen molar-refractivity contribution in [3.63, 3.8) is 0 Å². The van der Waals surface area contributed by atoms with Crippen molar-refractivity contribution in [3.8, 4) is 5.88 Å². The lowest BCUT2D eigenvalue weighted by atomic mass is 9.95. The third-order valence-electron chi connectivity index (χ3n) is 3.38. The first-order valence-electron chi connectivity index (χ1n) is 6.28. The molecule has 2 aromatic rings. The minimum atomic E-state index is -0.0699. The third-order valence-corrected chi connectivity index (χ3v) is 3.38. The summed E-state index contributed by atoms with van der Waals surface area (Å²) < 4.78 is 5.09. The third kappa shape index (κ3) is 3.09. The van der Waals surface area contributed by atoms with E-state index in [4.69, 9.17) is 10.5 Å².